The first kappa shape index (κ1) is 34.6. The molecule has 0 radical (unpaired) electrons. The van der Waals surface area contributed by atoms with E-state index < -0.39 is 77.0 Å². The molecule has 0 aliphatic heterocycles. The number of halogens is 18. The molecule has 1 aromatic heterocycles. The van der Waals surface area contributed by atoms with Crippen LogP contribution in [-0.2, 0) is 10.8 Å². The van der Waals surface area contributed by atoms with E-state index in [1.54, 1.807) is 0 Å². The van der Waals surface area contributed by atoms with E-state index in [1.807, 2.05) is 0 Å². The minimum absolute atomic E-state index is 0.215. The van der Waals surface area contributed by atoms with Crippen molar-refractivity contribution in [2.45, 2.75) is 54.8 Å². The largest absolute Gasteiger partial charge is 0.419 e. The molecule has 1 heterocycles. The van der Waals surface area contributed by atoms with Gasteiger partial charge in [-0.2, -0.15) is 89.0 Å². The van der Waals surface area contributed by atoms with Gasteiger partial charge in [0.15, 0.2) is 17.4 Å². The fourth-order valence-electron chi connectivity index (χ4n) is 3.41. The van der Waals surface area contributed by atoms with Gasteiger partial charge in [-0.1, -0.05) is 0 Å². The van der Waals surface area contributed by atoms with Gasteiger partial charge in [0.1, 0.15) is 0 Å². The van der Waals surface area contributed by atoms with Crippen LogP contribution >= 0.6 is 0 Å². The molecular weight excluding hydrogens is 642 g/mol. The van der Waals surface area contributed by atoms with E-state index in [1.165, 1.54) is 10.3 Å². The maximum Gasteiger partial charge on any atom is 0.419 e. The number of ketones is 1. The van der Waals surface area contributed by atoms with Crippen LogP contribution in [0.1, 0.15) is 28.9 Å². The number of benzene rings is 1. The van der Waals surface area contributed by atoms with Crippen molar-refractivity contribution in [3.8, 4) is 0 Å². The standard InChI is InChI=1S/C19H8F18N4O/c1-6(42)7-2-4-8(5-3-7)38-11-40-9(12(14(20,21)22,15(23,24)25)16(26,27)28)39-10(41-11)13(17(29,30)31,18(32,33)34)19(35,36)37/h2-5H,1H3,(H,38,39,40,41). The molecule has 0 aliphatic carbocycles. The molecule has 0 amide bonds. The zero-order chi connectivity index (χ0) is 33.1. The van der Waals surface area contributed by atoms with Gasteiger partial charge >= 0.3 is 47.9 Å². The number of nitrogens with one attached hydrogen (secondary N) is 1. The molecule has 0 spiro atoms. The van der Waals surface area contributed by atoms with Crippen LogP contribution in [0.25, 0.3) is 0 Å². The number of anilines is 2. The summed E-state index contributed by atoms with van der Waals surface area (Å²) in [5, 5.41) is 1.33. The summed E-state index contributed by atoms with van der Waals surface area (Å²) >= 11 is 0. The van der Waals surface area contributed by atoms with Crippen molar-refractivity contribution >= 4 is 17.4 Å². The second kappa shape index (κ2) is 10.0. The number of aromatic nitrogens is 3. The molecule has 1 N–H and O–H groups in total. The van der Waals surface area contributed by atoms with Gasteiger partial charge in [-0.25, -0.2) is 4.98 Å². The minimum Gasteiger partial charge on any atom is -0.324 e. The monoisotopic (exact) mass is 650 g/mol. The Labute approximate surface area is 218 Å². The van der Waals surface area contributed by atoms with Crippen LogP contribution < -0.4 is 5.32 Å². The SMILES string of the molecule is CC(=O)c1ccc(Nc2nc(C(C(F)(F)F)(C(F)(F)F)C(F)(F)F)nc(C(C(F)(F)F)(C(F)(F)F)C(F)(F)F)n2)cc1. The zero-order valence-electron chi connectivity index (χ0n) is 19.4. The van der Waals surface area contributed by atoms with Crippen molar-refractivity contribution in [2.24, 2.45) is 0 Å². The molecule has 0 unspecified atom stereocenters. The third-order valence-electron chi connectivity index (χ3n) is 5.41. The highest BCUT2D eigenvalue weighted by atomic mass is 19.4. The molecule has 5 nitrogen and oxygen atoms in total. The Kier molecular flexibility index (Phi) is 8.26. The van der Waals surface area contributed by atoms with Crippen molar-refractivity contribution in [1.29, 1.82) is 0 Å². The van der Waals surface area contributed by atoms with E-state index in [0.29, 0.717) is 12.1 Å². The lowest BCUT2D eigenvalue weighted by atomic mass is 9.82. The molecule has 0 saturated heterocycles. The van der Waals surface area contributed by atoms with E-state index in [4.69, 9.17) is 0 Å². The van der Waals surface area contributed by atoms with Crippen LogP contribution in [0.5, 0.6) is 0 Å². The third kappa shape index (κ3) is 5.36. The van der Waals surface area contributed by atoms with Crippen LogP contribution in [0, 0.1) is 0 Å². The van der Waals surface area contributed by atoms with Crippen LogP contribution in [0.15, 0.2) is 24.3 Å². The van der Waals surface area contributed by atoms with E-state index >= 15 is 0 Å². The number of alkyl halides is 18. The smallest absolute Gasteiger partial charge is 0.324 e. The maximum absolute atomic E-state index is 13.6. The first-order valence-electron chi connectivity index (χ1n) is 10.0. The molecular formula is C19H8F18N4O. The Bertz CT molecular complexity index is 1160. The second-order valence-electron chi connectivity index (χ2n) is 8.05. The van der Waals surface area contributed by atoms with Gasteiger partial charge in [0.05, 0.1) is 0 Å². The highest BCUT2D eigenvalue weighted by Crippen LogP contribution is 2.62. The molecule has 1 aromatic carbocycles. The molecule has 42 heavy (non-hydrogen) atoms. The van der Waals surface area contributed by atoms with Gasteiger partial charge in [0, 0.05) is 11.3 Å². The molecule has 0 atom stereocenters. The number of rotatable bonds is 5. The summed E-state index contributed by atoms with van der Waals surface area (Å²) in [6, 6.07) is 2.72. The molecule has 23 heteroatoms. The summed E-state index contributed by atoms with van der Waals surface area (Å²) in [5.41, 5.74) is -16.1. The van der Waals surface area contributed by atoms with Crippen molar-refractivity contribution in [1.82, 2.24) is 15.0 Å². The molecule has 2 rings (SSSR count). The lowest BCUT2D eigenvalue weighted by Crippen LogP contribution is -2.66. The number of carbonyl (C=O) groups is 1. The summed E-state index contributed by atoms with van der Waals surface area (Å²) in [5.74, 6) is -11.3. The fourth-order valence-corrected chi connectivity index (χ4v) is 3.41. The normalized spacial score (nSPS) is 14.6. The number of nitrogens with zero attached hydrogens (tertiary/aromatic N) is 3. The first-order chi connectivity index (χ1) is 18.5. The van der Waals surface area contributed by atoms with E-state index in [2.05, 4.69) is 9.97 Å². The first-order valence-corrected chi connectivity index (χ1v) is 10.0. The van der Waals surface area contributed by atoms with Crippen LogP contribution in [0.3, 0.4) is 0 Å². The summed E-state index contributed by atoms with van der Waals surface area (Å²) in [6.07, 6.45) is -46.7. The Hall–Kier alpha value is -3.56. The van der Waals surface area contributed by atoms with Gasteiger partial charge in [0.25, 0.3) is 0 Å². The number of Topliss-reactive ketones (excluding diaryl/α,β-unsaturated/α-hetero) is 1. The van der Waals surface area contributed by atoms with Crippen LogP contribution in [0.2, 0.25) is 0 Å². The van der Waals surface area contributed by atoms with Gasteiger partial charge < -0.3 is 5.32 Å². The van der Waals surface area contributed by atoms with Crippen LogP contribution in [-0.4, -0.2) is 57.8 Å². The van der Waals surface area contributed by atoms with E-state index in [-0.39, 0.29) is 5.56 Å². The van der Waals surface area contributed by atoms with Crippen molar-refractivity contribution in [3.05, 3.63) is 41.5 Å². The topological polar surface area (TPSA) is 67.8 Å². The number of carbonyl (C=O) groups excluding carboxylic acids is 1. The molecule has 0 fully saturated rings. The predicted molar refractivity (Wildman–Crippen MR) is 99.2 cm³/mol. The Morgan fingerprint density at radius 2 is 0.810 bits per heavy atom. The van der Waals surface area contributed by atoms with E-state index in [9.17, 15) is 83.8 Å². The third-order valence-corrected chi connectivity index (χ3v) is 5.41. The second-order valence-corrected chi connectivity index (χ2v) is 8.05. The molecule has 0 aliphatic rings. The maximum atomic E-state index is 13.6. The summed E-state index contributed by atoms with van der Waals surface area (Å²) < 4.78 is 245. The van der Waals surface area contributed by atoms with Crippen molar-refractivity contribution < 1.29 is 83.8 Å². The number of hydrogen-bond donors (Lipinski definition) is 1. The molecule has 0 saturated carbocycles. The van der Waals surface area contributed by atoms with Gasteiger partial charge in [-0.15, -0.1) is 0 Å². The van der Waals surface area contributed by atoms with E-state index in [0.717, 1.165) is 19.1 Å². The molecule has 236 valence electrons. The van der Waals surface area contributed by atoms with Crippen molar-refractivity contribution in [2.75, 3.05) is 5.32 Å². The van der Waals surface area contributed by atoms with Crippen LogP contribution in [0.4, 0.5) is 90.7 Å². The van der Waals surface area contributed by atoms with Gasteiger partial charge in [0.2, 0.25) is 5.95 Å². The quantitative estimate of drug-likeness (QED) is 0.266. The fraction of sp³-hybridized carbons (Fsp3) is 0.474. The summed E-state index contributed by atoms with van der Waals surface area (Å²) in [4.78, 5) is 16.7. The Balaban J connectivity index is 3.23. The molecule has 2 aromatic rings. The summed E-state index contributed by atoms with van der Waals surface area (Å²) in [6.45, 7) is 0.947. The minimum atomic E-state index is -7.78. The van der Waals surface area contributed by atoms with Gasteiger partial charge in [-0.05, 0) is 31.2 Å². The Morgan fingerprint density at radius 3 is 1.05 bits per heavy atom. The number of hydrogen-bond acceptors (Lipinski definition) is 5. The summed E-state index contributed by atoms with van der Waals surface area (Å²) in [7, 11) is 0. The average Bonchev–Trinajstić information content (AvgIpc) is 2.68. The van der Waals surface area contributed by atoms with Crippen molar-refractivity contribution in [3.63, 3.8) is 0 Å². The average molecular weight is 650 g/mol. The lowest BCUT2D eigenvalue weighted by molar-refractivity contribution is -0.391. The highest BCUT2D eigenvalue weighted by molar-refractivity contribution is 5.94. The predicted octanol–water partition coefficient (Wildman–Crippen LogP) is 7.67. The highest BCUT2D eigenvalue weighted by Gasteiger charge is 2.89. The zero-order valence-corrected chi connectivity index (χ0v) is 19.4. The lowest BCUT2D eigenvalue weighted by Gasteiger charge is -2.39. The van der Waals surface area contributed by atoms with Gasteiger partial charge in [-0.3, -0.25) is 4.79 Å². The molecule has 0 bridgehead atoms. The Morgan fingerprint density at radius 1 is 0.524 bits per heavy atom.